The molecule has 13 heavy (non-hydrogen) atoms. The van der Waals surface area contributed by atoms with Crippen molar-refractivity contribution in [3.05, 3.63) is 0 Å². The molecule has 0 aliphatic heterocycles. The highest BCUT2D eigenvalue weighted by Crippen LogP contribution is 1.96. The quantitative estimate of drug-likeness (QED) is 0.647. The summed E-state index contributed by atoms with van der Waals surface area (Å²) in [6.07, 6.45) is 3.41. The fourth-order valence-electron chi connectivity index (χ4n) is 1.22. The number of thioether (sulfide) groups is 1. The Bertz CT molecular complexity index is 109. The lowest BCUT2D eigenvalue weighted by Crippen LogP contribution is -2.31. The maximum absolute atomic E-state index is 3.43. The Morgan fingerprint density at radius 2 is 2.08 bits per heavy atom. The summed E-state index contributed by atoms with van der Waals surface area (Å²) in [5.74, 6) is 1.24. The summed E-state index contributed by atoms with van der Waals surface area (Å²) in [6.45, 7) is 7.91. The first kappa shape index (κ1) is 13.3. The van der Waals surface area contributed by atoms with E-state index in [0.717, 1.165) is 6.54 Å². The molecule has 1 N–H and O–H groups in total. The highest BCUT2D eigenvalue weighted by Gasteiger charge is 2.02. The monoisotopic (exact) mass is 204 g/mol. The topological polar surface area (TPSA) is 15.3 Å². The van der Waals surface area contributed by atoms with Crippen molar-refractivity contribution >= 4 is 11.8 Å². The van der Waals surface area contributed by atoms with Gasteiger partial charge in [-0.05, 0) is 39.7 Å². The maximum atomic E-state index is 3.43. The Kier molecular flexibility index (Phi) is 9.03. The summed E-state index contributed by atoms with van der Waals surface area (Å²) in [7, 11) is 2.20. The Morgan fingerprint density at radius 3 is 2.62 bits per heavy atom. The Morgan fingerprint density at radius 1 is 1.38 bits per heavy atom. The molecule has 80 valence electrons. The minimum Gasteiger partial charge on any atom is -0.314 e. The lowest BCUT2D eigenvalue weighted by Gasteiger charge is -2.19. The smallest absolute Gasteiger partial charge is 0.00692 e. The standard InChI is InChI=1S/C10H24N2S/c1-5-11-10(2)6-7-12(3)8-9-13-4/h10-11H,5-9H2,1-4H3. The minimum absolute atomic E-state index is 0.654. The summed E-state index contributed by atoms with van der Waals surface area (Å²) in [5.41, 5.74) is 0. The van der Waals surface area contributed by atoms with Crippen molar-refractivity contribution in [1.82, 2.24) is 10.2 Å². The van der Waals surface area contributed by atoms with Gasteiger partial charge in [-0.2, -0.15) is 11.8 Å². The molecule has 0 amide bonds. The van der Waals surface area contributed by atoms with Gasteiger partial charge in [-0.25, -0.2) is 0 Å². The second kappa shape index (κ2) is 8.85. The first-order valence-electron chi connectivity index (χ1n) is 5.11. The second-order valence-corrected chi connectivity index (χ2v) is 4.53. The molecule has 2 nitrogen and oxygen atoms in total. The molecule has 1 unspecified atom stereocenters. The van der Waals surface area contributed by atoms with Crippen molar-refractivity contribution in [1.29, 1.82) is 0 Å². The Hall–Kier alpha value is 0.270. The molecule has 0 aliphatic rings. The van der Waals surface area contributed by atoms with Crippen LogP contribution in [-0.2, 0) is 0 Å². The van der Waals surface area contributed by atoms with Crippen molar-refractivity contribution in [2.24, 2.45) is 0 Å². The normalized spacial score (nSPS) is 13.6. The van der Waals surface area contributed by atoms with Gasteiger partial charge in [0.1, 0.15) is 0 Å². The molecule has 0 fully saturated rings. The molecule has 0 saturated carbocycles. The summed E-state index contributed by atoms with van der Waals surface area (Å²) in [4.78, 5) is 2.41. The van der Waals surface area contributed by atoms with E-state index in [2.05, 4.69) is 37.4 Å². The molecule has 0 aliphatic carbocycles. The first-order chi connectivity index (χ1) is 6.20. The lowest BCUT2D eigenvalue weighted by molar-refractivity contribution is 0.329. The van der Waals surface area contributed by atoms with Crippen molar-refractivity contribution in [2.75, 3.05) is 38.7 Å². The highest BCUT2D eigenvalue weighted by molar-refractivity contribution is 7.98. The van der Waals surface area contributed by atoms with Crippen LogP contribution in [0.4, 0.5) is 0 Å². The largest absolute Gasteiger partial charge is 0.314 e. The first-order valence-corrected chi connectivity index (χ1v) is 6.51. The predicted molar refractivity (Wildman–Crippen MR) is 63.6 cm³/mol. The van der Waals surface area contributed by atoms with E-state index in [4.69, 9.17) is 0 Å². The van der Waals surface area contributed by atoms with E-state index in [1.54, 1.807) is 0 Å². The van der Waals surface area contributed by atoms with Crippen LogP contribution in [0.1, 0.15) is 20.3 Å². The maximum Gasteiger partial charge on any atom is 0.00692 e. The fourth-order valence-corrected chi connectivity index (χ4v) is 1.72. The van der Waals surface area contributed by atoms with Crippen LogP contribution < -0.4 is 5.32 Å². The van der Waals surface area contributed by atoms with Crippen LogP contribution in [0, 0.1) is 0 Å². The molecule has 0 spiro atoms. The van der Waals surface area contributed by atoms with Gasteiger partial charge in [0.2, 0.25) is 0 Å². The molecule has 0 radical (unpaired) electrons. The third-order valence-electron chi connectivity index (χ3n) is 2.17. The van der Waals surface area contributed by atoms with Crippen molar-refractivity contribution < 1.29 is 0 Å². The summed E-state index contributed by atoms with van der Waals surface area (Å²) in [6, 6.07) is 0.654. The van der Waals surface area contributed by atoms with Crippen molar-refractivity contribution in [3.63, 3.8) is 0 Å². The molecule has 0 aromatic heterocycles. The number of nitrogens with one attached hydrogen (secondary N) is 1. The summed E-state index contributed by atoms with van der Waals surface area (Å²) >= 11 is 1.92. The zero-order chi connectivity index (χ0) is 10.1. The number of nitrogens with zero attached hydrogens (tertiary/aromatic N) is 1. The highest BCUT2D eigenvalue weighted by atomic mass is 32.2. The SMILES string of the molecule is CCNC(C)CCN(C)CCSC. The molecule has 0 saturated heterocycles. The fraction of sp³-hybridized carbons (Fsp3) is 1.00. The summed E-state index contributed by atoms with van der Waals surface area (Å²) < 4.78 is 0. The molecule has 0 bridgehead atoms. The van der Waals surface area contributed by atoms with Crippen LogP contribution in [0.3, 0.4) is 0 Å². The third-order valence-corrected chi connectivity index (χ3v) is 2.76. The van der Waals surface area contributed by atoms with Crippen molar-refractivity contribution in [2.45, 2.75) is 26.3 Å². The molecule has 0 rings (SSSR count). The van der Waals surface area contributed by atoms with Gasteiger partial charge >= 0.3 is 0 Å². The van der Waals surface area contributed by atoms with E-state index in [1.807, 2.05) is 11.8 Å². The number of hydrogen-bond acceptors (Lipinski definition) is 3. The zero-order valence-corrected chi connectivity index (χ0v) is 10.3. The van der Waals surface area contributed by atoms with E-state index >= 15 is 0 Å². The van der Waals surface area contributed by atoms with Gasteiger partial charge in [-0.1, -0.05) is 6.92 Å². The Balaban J connectivity index is 3.29. The van der Waals surface area contributed by atoms with Crippen LogP contribution in [-0.4, -0.2) is 49.6 Å². The Labute approximate surface area is 87.5 Å². The van der Waals surface area contributed by atoms with Crippen LogP contribution in [0.15, 0.2) is 0 Å². The lowest BCUT2D eigenvalue weighted by atomic mass is 10.2. The number of rotatable bonds is 8. The van der Waals surface area contributed by atoms with Crippen LogP contribution in [0.25, 0.3) is 0 Å². The van der Waals surface area contributed by atoms with Gasteiger partial charge in [0.05, 0.1) is 0 Å². The van der Waals surface area contributed by atoms with Gasteiger partial charge < -0.3 is 10.2 Å². The molecular weight excluding hydrogens is 180 g/mol. The molecular formula is C10H24N2S. The van der Waals surface area contributed by atoms with Crippen molar-refractivity contribution in [3.8, 4) is 0 Å². The average Bonchev–Trinajstić information content (AvgIpc) is 2.12. The molecule has 1 atom stereocenters. The minimum atomic E-state index is 0.654. The van der Waals surface area contributed by atoms with Gasteiger partial charge in [-0.15, -0.1) is 0 Å². The van der Waals surface area contributed by atoms with E-state index in [0.29, 0.717) is 6.04 Å². The van der Waals surface area contributed by atoms with Crippen LogP contribution >= 0.6 is 11.8 Å². The van der Waals surface area contributed by atoms with Gasteiger partial charge in [0.15, 0.2) is 0 Å². The van der Waals surface area contributed by atoms with Crippen LogP contribution in [0.2, 0.25) is 0 Å². The molecule has 3 heteroatoms. The number of hydrogen-bond donors (Lipinski definition) is 1. The molecule has 0 heterocycles. The molecule has 0 aromatic carbocycles. The summed E-state index contributed by atoms with van der Waals surface area (Å²) in [5, 5.41) is 3.43. The average molecular weight is 204 g/mol. The van der Waals surface area contributed by atoms with Gasteiger partial charge in [0.25, 0.3) is 0 Å². The molecule has 0 aromatic rings. The zero-order valence-electron chi connectivity index (χ0n) is 9.47. The predicted octanol–water partition coefficient (Wildman–Crippen LogP) is 1.67. The third kappa shape index (κ3) is 8.60. The van der Waals surface area contributed by atoms with E-state index in [1.165, 1.54) is 25.3 Å². The van der Waals surface area contributed by atoms with E-state index < -0.39 is 0 Å². The van der Waals surface area contributed by atoms with Gasteiger partial charge in [0, 0.05) is 18.3 Å². The second-order valence-electron chi connectivity index (χ2n) is 3.54. The van der Waals surface area contributed by atoms with E-state index in [-0.39, 0.29) is 0 Å². The van der Waals surface area contributed by atoms with Crippen LogP contribution in [0.5, 0.6) is 0 Å². The van der Waals surface area contributed by atoms with Gasteiger partial charge in [-0.3, -0.25) is 0 Å². The van der Waals surface area contributed by atoms with E-state index in [9.17, 15) is 0 Å².